The lowest BCUT2D eigenvalue weighted by Gasteiger charge is -2.38. The van der Waals surface area contributed by atoms with Crippen molar-refractivity contribution in [2.45, 2.75) is 25.9 Å². The molecule has 8 nitrogen and oxygen atoms in total. The Bertz CT molecular complexity index is 1050. The summed E-state index contributed by atoms with van der Waals surface area (Å²) in [4.78, 5) is 19.2. The minimum absolute atomic E-state index is 0.282. The Hall–Kier alpha value is -3.13. The van der Waals surface area contributed by atoms with Crippen molar-refractivity contribution < 1.29 is 4.74 Å². The Kier molecular flexibility index (Phi) is 4.78. The summed E-state index contributed by atoms with van der Waals surface area (Å²) < 4.78 is 7.72. The van der Waals surface area contributed by atoms with Crippen LogP contribution in [0.15, 0.2) is 36.7 Å². The van der Waals surface area contributed by atoms with Gasteiger partial charge in [-0.05, 0) is 37.6 Å². The standard InChI is InChI=1S/C22H27N7O/c1-15-14-30-12-11-29(15)21-18-7-9-28(22-24-8-10-27(22)2)13-19(18)25-20(26-21)16-3-5-17(23)6-4-16/h3-6,8,10,15H,7,9,11-14,23H2,1-2H3/t15-/m0/s1. The van der Waals surface area contributed by atoms with Crippen molar-refractivity contribution in [1.29, 1.82) is 0 Å². The minimum Gasteiger partial charge on any atom is -0.399 e. The highest BCUT2D eigenvalue weighted by Gasteiger charge is 2.29. The summed E-state index contributed by atoms with van der Waals surface area (Å²) >= 11 is 0. The summed E-state index contributed by atoms with van der Waals surface area (Å²) in [6.07, 6.45) is 4.71. The van der Waals surface area contributed by atoms with Crippen molar-refractivity contribution in [3.8, 4) is 11.4 Å². The third-order valence-corrected chi connectivity index (χ3v) is 5.93. The molecule has 30 heavy (non-hydrogen) atoms. The van der Waals surface area contributed by atoms with E-state index < -0.39 is 0 Å². The van der Waals surface area contributed by atoms with Crippen molar-refractivity contribution in [2.75, 3.05) is 41.8 Å². The van der Waals surface area contributed by atoms with Crippen molar-refractivity contribution in [3.63, 3.8) is 0 Å². The van der Waals surface area contributed by atoms with Crippen LogP contribution in [0.1, 0.15) is 18.2 Å². The van der Waals surface area contributed by atoms with E-state index in [0.717, 1.165) is 73.8 Å². The normalized spacial score (nSPS) is 19.1. The number of rotatable bonds is 3. The number of nitrogens with two attached hydrogens (primary N) is 1. The molecule has 0 aliphatic carbocycles. The number of nitrogen functional groups attached to an aromatic ring is 1. The molecule has 0 spiro atoms. The highest BCUT2D eigenvalue weighted by atomic mass is 16.5. The van der Waals surface area contributed by atoms with Crippen molar-refractivity contribution in [3.05, 3.63) is 47.9 Å². The second-order valence-electron chi connectivity index (χ2n) is 8.05. The fourth-order valence-corrected chi connectivity index (χ4v) is 4.28. The van der Waals surface area contributed by atoms with E-state index in [1.165, 1.54) is 5.56 Å². The monoisotopic (exact) mass is 405 g/mol. The number of benzene rings is 1. The second kappa shape index (κ2) is 7.60. The van der Waals surface area contributed by atoms with Crippen molar-refractivity contribution >= 4 is 17.5 Å². The van der Waals surface area contributed by atoms with Crippen LogP contribution < -0.4 is 15.5 Å². The van der Waals surface area contributed by atoms with Gasteiger partial charge in [0, 0.05) is 49.3 Å². The van der Waals surface area contributed by atoms with Gasteiger partial charge in [-0.25, -0.2) is 15.0 Å². The first kappa shape index (κ1) is 18.9. The lowest BCUT2D eigenvalue weighted by molar-refractivity contribution is 0.0984. The van der Waals surface area contributed by atoms with Crippen LogP contribution in [0.25, 0.3) is 11.4 Å². The van der Waals surface area contributed by atoms with Gasteiger partial charge in [-0.2, -0.15) is 0 Å². The molecule has 2 aliphatic rings. The third-order valence-electron chi connectivity index (χ3n) is 5.93. The number of imidazole rings is 1. The van der Waals surface area contributed by atoms with Crippen molar-refractivity contribution in [1.82, 2.24) is 19.5 Å². The Morgan fingerprint density at radius 1 is 1.13 bits per heavy atom. The van der Waals surface area contributed by atoms with Gasteiger partial charge >= 0.3 is 0 Å². The molecule has 0 bridgehead atoms. The van der Waals surface area contributed by atoms with Crippen LogP contribution in [0.3, 0.4) is 0 Å². The quantitative estimate of drug-likeness (QED) is 0.669. The number of anilines is 3. The Labute approximate surface area is 176 Å². The predicted octanol–water partition coefficient (Wildman–Crippen LogP) is 2.25. The van der Waals surface area contributed by atoms with Crippen LogP contribution in [0, 0.1) is 0 Å². The molecule has 8 heteroatoms. The first-order valence-electron chi connectivity index (χ1n) is 10.4. The number of ether oxygens (including phenoxy) is 1. The van der Waals surface area contributed by atoms with Crippen LogP contribution in [0.4, 0.5) is 17.5 Å². The molecular weight excluding hydrogens is 378 g/mol. The van der Waals surface area contributed by atoms with Crippen LogP contribution >= 0.6 is 0 Å². The number of aromatic nitrogens is 4. The third kappa shape index (κ3) is 3.37. The second-order valence-corrected chi connectivity index (χ2v) is 8.05. The lowest BCUT2D eigenvalue weighted by Crippen LogP contribution is -2.45. The van der Waals surface area contributed by atoms with E-state index in [1.54, 1.807) is 0 Å². The number of nitrogens with zero attached hydrogens (tertiary/aromatic N) is 6. The average Bonchev–Trinajstić information content (AvgIpc) is 3.19. The number of morpholine rings is 1. The molecule has 4 heterocycles. The van der Waals surface area contributed by atoms with Gasteiger partial charge in [0.15, 0.2) is 5.82 Å². The van der Waals surface area contributed by atoms with Crippen LogP contribution in [0.2, 0.25) is 0 Å². The molecule has 2 aliphatic heterocycles. The summed E-state index contributed by atoms with van der Waals surface area (Å²) in [5, 5.41) is 0. The summed E-state index contributed by atoms with van der Waals surface area (Å²) in [5.74, 6) is 2.75. The van der Waals surface area contributed by atoms with E-state index >= 15 is 0 Å². The van der Waals surface area contributed by atoms with E-state index in [1.807, 2.05) is 43.7 Å². The molecule has 2 aromatic heterocycles. The molecule has 0 unspecified atom stereocenters. The number of hydrogen-bond donors (Lipinski definition) is 1. The molecule has 3 aromatic rings. The van der Waals surface area contributed by atoms with E-state index in [-0.39, 0.29) is 6.04 Å². The summed E-state index contributed by atoms with van der Waals surface area (Å²) in [5.41, 5.74) is 9.91. The van der Waals surface area contributed by atoms with E-state index in [2.05, 4.69) is 26.3 Å². The van der Waals surface area contributed by atoms with E-state index in [0.29, 0.717) is 0 Å². The molecule has 1 aromatic carbocycles. The fraction of sp³-hybridized carbons (Fsp3) is 0.409. The van der Waals surface area contributed by atoms with Gasteiger partial charge in [0.05, 0.1) is 31.5 Å². The maximum atomic E-state index is 5.89. The summed E-state index contributed by atoms with van der Waals surface area (Å²) in [6, 6.07) is 8.06. The maximum absolute atomic E-state index is 5.89. The Morgan fingerprint density at radius 3 is 2.70 bits per heavy atom. The SMILES string of the molecule is C[C@H]1COCCN1c1nc(-c2ccc(N)cc2)nc2c1CCN(c1nccn1C)C2. The van der Waals surface area contributed by atoms with Gasteiger partial charge in [-0.1, -0.05) is 0 Å². The summed E-state index contributed by atoms with van der Waals surface area (Å²) in [7, 11) is 2.03. The molecular formula is C22H27N7O. The topological polar surface area (TPSA) is 85.3 Å². The fourth-order valence-electron chi connectivity index (χ4n) is 4.28. The maximum Gasteiger partial charge on any atom is 0.205 e. The lowest BCUT2D eigenvalue weighted by atomic mass is 10.0. The Balaban J connectivity index is 1.59. The van der Waals surface area contributed by atoms with Gasteiger partial charge in [0.25, 0.3) is 0 Å². The van der Waals surface area contributed by atoms with Gasteiger partial charge in [-0.15, -0.1) is 0 Å². The molecule has 0 amide bonds. The van der Waals surface area contributed by atoms with Crippen LogP contribution in [-0.4, -0.2) is 51.9 Å². The molecule has 2 N–H and O–H groups in total. The molecule has 1 fully saturated rings. The number of fused-ring (bicyclic) bond motifs is 1. The van der Waals surface area contributed by atoms with Gasteiger partial charge in [0.1, 0.15) is 5.82 Å². The summed E-state index contributed by atoms with van der Waals surface area (Å²) in [6.45, 7) is 6.09. The zero-order chi connectivity index (χ0) is 20.7. The van der Waals surface area contributed by atoms with Gasteiger partial charge in [-0.3, -0.25) is 0 Å². The minimum atomic E-state index is 0.282. The zero-order valence-corrected chi connectivity index (χ0v) is 17.5. The average molecular weight is 406 g/mol. The zero-order valence-electron chi connectivity index (χ0n) is 17.5. The molecule has 156 valence electrons. The highest BCUT2D eigenvalue weighted by molar-refractivity contribution is 5.64. The molecule has 5 rings (SSSR count). The number of aryl methyl sites for hydroxylation is 1. The molecule has 0 radical (unpaired) electrons. The van der Waals surface area contributed by atoms with Crippen LogP contribution in [0.5, 0.6) is 0 Å². The number of hydrogen-bond acceptors (Lipinski definition) is 7. The van der Waals surface area contributed by atoms with Gasteiger partial charge < -0.3 is 24.8 Å². The first-order valence-corrected chi connectivity index (χ1v) is 10.4. The smallest absolute Gasteiger partial charge is 0.205 e. The van der Waals surface area contributed by atoms with E-state index in [4.69, 9.17) is 20.4 Å². The largest absolute Gasteiger partial charge is 0.399 e. The molecule has 1 atom stereocenters. The predicted molar refractivity (Wildman–Crippen MR) is 117 cm³/mol. The van der Waals surface area contributed by atoms with Gasteiger partial charge in [0.2, 0.25) is 5.95 Å². The van der Waals surface area contributed by atoms with Crippen LogP contribution in [-0.2, 0) is 24.8 Å². The van der Waals surface area contributed by atoms with Crippen molar-refractivity contribution in [2.24, 2.45) is 7.05 Å². The van der Waals surface area contributed by atoms with E-state index in [9.17, 15) is 0 Å². The first-order chi connectivity index (χ1) is 14.6. The highest BCUT2D eigenvalue weighted by Crippen LogP contribution is 2.32. The molecule has 0 saturated carbocycles. The Morgan fingerprint density at radius 2 is 1.97 bits per heavy atom. The molecule has 1 saturated heterocycles.